The van der Waals surface area contributed by atoms with Gasteiger partial charge in [-0.15, -0.1) is 0 Å². The largest absolute Gasteiger partial charge is 0.379 e. The zero-order valence-electron chi connectivity index (χ0n) is 12.1. The van der Waals surface area contributed by atoms with E-state index in [2.05, 4.69) is 6.92 Å². The molecule has 0 radical (unpaired) electrons. The first-order chi connectivity index (χ1) is 9.67. The molecule has 0 aliphatic heterocycles. The minimum Gasteiger partial charge on any atom is -0.379 e. The molecular formula is C15H24O4S. The van der Waals surface area contributed by atoms with E-state index in [9.17, 15) is 8.42 Å². The number of ether oxygens (including phenoxy) is 1. The Hall–Kier alpha value is -0.910. The molecule has 0 unspecified atom stereocenters. The molecular weight excluding hydrogens is 276 g/mol. The van der Waals surface area contributed by atoms with E-state index in [0.717, 1.165) is 12.8 Å². The lowest BCUT2D eigenvalue weighted by Gasteiger charge is -2.06. The van der Waals surface area contributed by atoms with Gasteiger partial charge >= 0.3 is 0 Å². The third-order valence-electron chi connectivity index (χ3n) is 2.89. The van der Waals surface area contributed by atoms with Crippen molar-refractivity contribution < 1.29 is 17.3 Å². The molecule has 1 rings (SSSR count). The molecule has 0 aliphatic rings. The van der Waals surface area contributed by atoms with Crippen molar-refractivity contribution in [3.8, 4) is 0 Å². The maximum absolute atomic E-state index is 11.8. The van der Waals surface area contributed by atoms with Gasteiger partial charge in [0.15, 0.2) is 0 Å². The van der Waals surface area contributed by atoms with Crippen LogP contribution in [0.1, 0.15) is 39.0 Å². The van der Waals surface area contributed by atoms with E-state index in [-0.39, 0.29) is 11.5 Å². The summed E-state index contributed by atoms with van der Waals surface area (Å²) in [7, 11) is -3.65. The van der Waals surface area contributed by atoms with Gasteiger partial charge in [0.25, 0.3) is 10.1 Å². The Morgan fingerprint density at radius 3 is 2.30 bits per heavy atom. The highest BCUT2D eigenvalue weighted by Gasteiger charge is 2.13. The fraction of sp³-hybridized carbons (Fsp3) is 0.600. The first-order valence-electron chi connectivity index (χ1n) is 7.19. The predicted octanol–water partition coefficient (Wildman–Crippen LogP) is 3.38. The lowest BCUT2D eigenvalue weighted by atomic mass is 10.2. The van der Waals surface area contributed by atoms with Crippen LogP contribution in [-0.2, 0) is 19.0 Å². The predicted molar refractivity (Wildman–Crippen MR) is 79.2 cm³/mol. The highest BCUT2D eigenvalue weighted by molar-refractivity contribution is 7.86. The molecule has 5 heteroatoms. The lowest BCUT2D eigenvalue weighted by molar-refractivity contribution is 0.0990. The van der Waals surface area contributed by atoms with Crippen LogP contribution in [0.4, 0.5) is 0 Å². The van der Waals surface area contributed by atoms with Crippen LogP contribution in [0, 0.1) is 0 Å². The third-order valence-corrected chi connectivity index (χ3v) is 4.22. The van der Waals surface area contributed by atoms with Gasteiger partial charge in [-0.2, -0.15) is 8.42 Å². The molecule has 4 nitrogen and oxygen atoms in total. The molecule has 0 aliphatic carbocycles. The zero-order valence-corrected chi connectivity index (χ0v) is 12.9. The van der Waals surface area contributed by atoms with E-state index >= 15 is 0 Å². The van der Waals surface area contributed by atoms with Gasteiger partial charge in [-0.25, -0.2) is 0 Å². The van der Waals surface area contributed by atoms with Gasteiger partial charge in [-0.3, -0.25) is 4.18 Å². The Morgan fingerprint density at radius 1 is 0.900 bits per heavy atom. The quantitative estimate of drug-likeness (QED) is 0.464. The second-order valence-electron chi connectivity index (χ2n) is 4.62. The van der Waals surface area contributed by atoms with Crippen molar-refractivity contribution in [2.45, 2.75) is 43.9 Å². The Morgan fingerprint density at radius 2 is 1.60 bits per heavy atom. The number of hydrogen-bond acceptors (Lipinski definition) is 4. The summed E-state index contributed by atoms with van der Waals surface area (Å²) in [4.78, 5) is 0.180. The van der Waals surface area contributed by atoms with Crippen molar-refractivity contribution >= 4 is 10.1 Å². The van der Waals surface area contributed by atoms with Crippen LogP contribution in [0.3, 0.4) is 0 Å². The number of unbranched alkanes of at least 4 members (excludes halogenated alkanes) is 4. The van der Waals surface area contributed by atoms with E-state index in [1.807, 2.05) is 0 Å². The maximum Gasteiger partial charge on any atom is 0.297 e. The summed E-state index contributed by atoms with van der Waals surface area (Å²) in [6, 6.07) is 8.14. The van der Waals surface area contributed by atoms with E-state index in [1.54, 1.807) is 18.2 Å². The molecule has 0 atom stereocenters. The molecule has 1 aromatic carbocycles. The molecule has 114 valence electrons. The Labute approximate surface area is 122 Å². The van der Waals surface area contributed by atoms with Gasteiger partial charge in [0, 0.05) is 6.61 Å². The van der Waals surface area contributed by atoms with Crippen molar-refractivity contribution in [2.24, 2.45) is 0 Å². The molecule has 0 N–H and O–H groups in total. The first kappa shape index (κ1) is 17.1. The monoisotopic (exact) mass is 300 g/mol. The topological polar surface area (TPSA) is 52.6 Å². The van der Waals surface area contributed by atoms with Gasteiger partial charge in [0.05, 0.1) is 18.1 Å². The fourth-order valence-electron chi connectivity index (χ4n) is 1.77. The minimum absolute atomic E-state index is 0.0617. The molecule has 0 saturated carbocycles. The molecule has 0 amide bonds. The summed E-state index contributed by atoms with van der Waals surface area (Å²) >= 11 is 0. The van der Waals surface area contributed by atoms with E-state index < -0.39 is 10.1 Å². The normalized spacial score (nSPS) is 11.7. The Bertz CT molecular complexity index is 442. The van der Waals surface area contributed by atoms with Crippen LogP contribution >= 0.6 is 0 Å². The summed E-state index contributed by atoms with van der Waals surface area (Å²) in [5.74, 6) is 0. The minimum atomic E-state index is -3.65. The SMILES string of the molecule is CCCCCCCOCCOS(=O)(=O)c1ccccc1. The highest BCUT2D eigenvalue weighted by atomic mass is 32.2. The number of hydrogen-bond donors (Lipinski definition) is 0. The summed E-state index contributed by atoms with van der Waals surface area (Å²) in [6.45, 7) is 3.21. The molecule has 0 aromatic heterocycles. The Balaban J connectivity index is 2.09. The van der Waals surface area contributed by atoms with Gasteiger partial charge < -0.3 is 4.74 Å². The van der Waals surface area contributed by atoms with Gasteiger partial charge in [0.1, 0.15) is 0 Å². The molecule has 0 heterocycles. The van der Waals surface area contributed by atoms with Gasteiger partial charge in [0.2, 0.25) is 0 Å². The molecule has 1 aromatic rings. The average Bonchev–Trinajstić information content (AvgIpc) is 2.46. The van der Waals surface area contributed by atoms with Crippen molar-refractivity contribution in [1.82, 2.24) is 0 Å². The van der Waals surface area contributed by atoms with Crippen LogP contribution < -0.4 is 0 Å². The van der Waals surface area contributed by atoms with Crippen molar-refractivity contribution in [2.75, 3.05) is 19.8 Å². The molecule has 0 bridgehead atoms. The lowest BCUT2D eigenvalue weighted by Crippen LogP contribution is -2.12. The first-order valence-corrected chi connectivity index (χ1v) is 8.60. The molecule has 0 fully saturated rings. The average molecular weight is 300 g/mol. The van der Waals surface area contributed by atoms with Crippen molar-refractivity contribution in [3.63, 3.8) is 0 Å². The molecule has 20 heavy (non-hydrogen) atoms. The van der Waals surface area contributed by atoms with E-state index in [1.165, 1.54) is 31.4 Å². The highest BCUT2D eigenvalue weighted by Crippen LogP contribution is 2.10. The summed E-state index contributed by atoms with van der Waals surface area (Å²) in [6.07, 6.45) is 5.91. The third kappa shape index (κ3) is 7.03. The number of rotatable bonds is 11. The van der Waals surface area contributed by atoms with E-state index in [0.29, 0.717) is 13.2 Å². The van der Waals surface area contributed by atoms with Crippen LogP contribution in [-0.4, -0.2) is 28.2 Å². The summed E-state index contributed by atoms with van der Waals surface area (Å²) in [5, 5.41) is 0. The smallest absolute Gasteiger partial charge is 0.297 e. The summed E-state index contributed by atoms with van der Waals surface area (Å²) in [5.41, 5.74) is 0. The van der Waals surface area contributed by atoms with Crippen LogP contribution in [0.15, 0.2) is 35.2 Å². The van der Waals surface area contributed by atoms with Crippen LogP contribution in [0.2, 0.25) is 0 Å². The second-order valence-corrected chi connectivity index (χ2v) is 6.23. The van der Waals surface area contributed by atoms with Crippen molar-refractivity contribution in [1.29, 1.82) is 0 Å². The fourth-order valence-corrected chi connectivity index (χ4v) is 2.68. The van der Waals surface area contributed by atoms with Crippen LogP contribution in [0.5, 0.6) is 0 Å². The zero-order chi connectivity index (χ0) is 14.7. The van der Waals surface area contributed by atoms with E-state index in [4.69, 9.17) is 8.92 Å². The maximum atomic E-state index is 11.8. The van der Waals surface area contributed by atoms with Gasteiger partial charge in [-0.05, 0) is 18.6 Å². The standard InChI is InChI=1S/C15H24O4S/c1-2-3-4-5-9-12-18-13-14-19-20(16,17)15-10-7-6-8-11-15/h6-8,10-11H,2-5,9,12-14H2,1H3. The molecule has 0 saturated heterocycles. The second kappa shape index (κ2) is 9.91. The van der Waals surface area contributed by atoms with Gasteiger partial charge in [-0.1, -0.05) is 50.8 Å². The number of benzene rings is 1. The van der Waals surface area contributed by atoms with Crippen molar-refractivity contribution in [3.05, 3.63) is 30.3 Å². The molecule has 0 spiro atoms. The summed E-state index contributed by atoms with van der Waals surface area (Å²) < 4.78 is 33.8. The Kier molecular flexibility index (Phi) is 8.49. The van der Waals surface area contributed by atoms with Crippen LogP contribution in [0.25, 0.3) is 0 Å².